The van der Waals surface area contributed by atoms with Crippen LogP contribution in [-0.2, 0) is 27.9 Å². The molecule has 4 heterocycles. The first kappa shape index (κ1) is 28.7. The van der Waals surface area contributed by atoms with Crippen molar-refractivity contribution in [3.05, 3.63) is 91.0 Å². The van der Waals surface area contributed by atoms with E-state index in [1.807, 2.05) is 58.0 Å². The van der Waals surface area contributed by atoms with Crippen molar-refractivity contribution in [3.63, 3.8) is 0 Å². The molecule has 0 aliphatic carbocycles. The minimum Gasteiger partial charge on any atom is -0.380 e. The van der Waals surface area contributed by atoms with Gasteiger partial charge >= 0.3 is 0 Å². The zero-order chi connectivity index (χ0) is 29.6. The fourth-order valence-electron chi connectivity index (χ4n) is 5.16. The second-order valence-corrected chi connectivity index (χ2v) is 13.4. The van der Waals surface area contributed by atoms with Crippen molar-refractivity contribution in [2.24, 2.45) is 0 Å². The molecule has 5 rings (SSSR count). The van der Waals surface area contributed by atoms with Gasteiger partial charge in [0.15, 0.2) is 5.82 Å². The van der Waals surface area contributed by atoms with E-state index in [-0.39, 0.29) is 22.2 Å². The standard InChI is InChI=1S/C30H32N4O5S2/c1-16-10-27(35)34(26-11-17(2)31-20(5)28(16)26)14-22-8-9-24(23(13-22)15-38-7)25-12-18(3)40-30(25)41(36,37)33-29-19(4)21(6)39-32-29/h8-13H,14-15H2,1-7H3,(H,32,33). The first-order chi connectivity index (χ1) is 19.4. The molecular formula is C30H32N4O5S2. The maximum Gasteiger partial charge on any atom is 0.273 e. The molecule has 0 saturated carbocycles. The van der Waals surface area contributed by atoms with Crippen molar-refractivity contribution < 1.29 is 17.7 Å². The number of rotatable bonds is 8. The molecule has 4 aromatic heterocycles. The van der Waals surface area contributed by atoms with Crippen LogP contribution in [0, 0.1) is 41.5 Å². The highest BCUT2D eigenvalue weighted by Crippen LogP contribution is 2.38. The van der Waals surface area contributed by atoms with E-state index in [9.17, 15) is 13.2 Å². The summed E-state index contributed by atoms with van der Waals surface area (Å²) in [5, 5.41) is 4.84. The molecule has 0 fully saturated rings. The van der Waals surface area contributed by atoms with Gasteiger partial charge in [0.1, 0.15) is 9.97 Å². The highest BCUT2D eigenvalue weighted by atomic mass is 32.2. The Morgan fingerprint density at radius 3 is 2.46 bits per heavy atom. The van der Waals surface area contributed by atoms with Gasteiger partial charge in [0.05, 0.1) is 18.7 Å². The molecule has 0 bridgehead atoms. The van der Waals surface area contributed by atoms with Crippen LogP contribution in [0.3, 0.4) is 0 Å². The van der Waals surface area contributed by atoms with Crippen LogP contribution in [-0.4, -0.2) is 30.2 Å². The molecule has 0 amide bonds. The van der Waals surface area contributed by atoms with Gasteiger partial charge in [-0.2, -0.15) is 0 Å². The van der Waals surface area contributed by atoms with E-state index in [1.54, 1.807) is 31.6 Å². The van der Waals surface area contributed by atoms with E-state index in [0.29, 0.717) is 23.4 Å². The second-order valence-electron chi connectivity index (χ2n) is 10.3. The van der Waals surface area contributed by atoms with Crippen molar-refractivity contribution >= 4 is 38.1 Å². The number of benzene rings is 1. The van der Waals surface area contributed by atoms with Crippen LogP contribution in [0.5, 0.6) is 0 Å². The van der Waals surface area contributed by atoms with E-state index < -0.39 is 10.0 Å². The van der Waals surface area contributed by atoms with Gasteiger partial charge in [0.25, 0.3) is 15.6 Å². The third-order valence-electron chi connectivity index (χ3n) is 7.15. The van der Waals surface area contributed by atoms with Crippen LogP contribution in [0.4, 0.5) is 5.82 Å². The lowest BCUT2D eigenvalue weighted by molar-refractivity contribution is 0.185. The number of nitrogens with one attached hydrogen (secondary N) is 1. The quantitative estimate of drug-likeness (QED) is 0.236. The number of methoxy groups -OCH3 is 1. The van der Waals surface area contributed by atoms with Gasteiger partial charge in [-0.25, -0.2) is 8.42 Å². The van der Waals surface area contributed by atoms with Gasteiger partial charge in [-0.15, -0.1) is 11.3 Å². The van der Waals surface area contributed by atoms with Crippen LogP contribution < -0.4 is 10.3 Å². The van der Waals surface area contributed by atoms with E-state index >= 15 is 0 Å². The van der Waals surface area contributed by atoms with Crippen LogP contribution in [0.1, 0.15) is 44.3 Å². The van der Waals surface area contributed by atoms with Gasteiger partial charge in [-0.05, 0) is 75.9 Å². The third-order valence-corrected chi connectivity index (χ3v) is 10.1. The molecule has 0 saturated heterocycles. The summed E-state index contributed by atoms with van der Waals surface area (Å²) in [7, 11) is -2.36. The number of fused-ring (bicyclic) bond motifs is 1. The van der Waals surface area contributed by atoms with Crippen LogP contribution in [0.25, 0.3) is 22.0 Å². The molecule has 11 heteroatoms. The van der Waals surface area contributed by atoms with Gasteiger partial charge < -0.3 is 13.8 Å². The van der Waals surface area contributed by atoms with E-state index in [4.69, 9.17) is 9.26 Å². The summed E-state index contributed by atoms with van der Waals surface area (Å²) in [6, 6.07) is 11.2. The summed E-state index contributed by atoms with van der Waals surface area (Å²) in [6.07, 6.45) is 0. The number of nitrogens with zero attached hydrogens (tertiary/aromatic N) is 3. The molecule has 0 radical (unpaired) electrons. The topological polar surface area (TPSA) is 116 Å². The molecule has 0 aliphatic rings. The Morgan fingerprint density at radius 1 is 1.02 bits per heavy atom. The Bertz CT molecular complexity index is 1970. The predicted octanol–water partition coefficient (Wildman–Crippen LogP) is 5.96. The van der Waals surface area contributed by atoms with Crippen molar-refractivity contribution in [3.8, 4) is 11.1 Å². The lowest BCUT2D eigenvalue weighted by atomic mass is 9.99. The molecule has 0 spiro atoms. The summed E-state index contributed by atoms with van der Waals surface area (Å²) >= 11 is 1.19. The van der Waals surface area contributed by atoms with Gasteiger partial charge in [-0.1, -0.05) is 23.4 Å². The zero-order valence-corrected chi connectivity index (χ0v) is 25.7. The first-order valence-electron chi connectivity index (χ1n) is 13.0. The van der Waals surface area contributed by atoms with E-state index in [1.165, 1.54) is 11.3 Å². The summed E-state index contributed by atoms with van der Waals surface area (Å²) in [6.45, 7) is 11.8. The number of sulfonamides is 1. The number of ether oxygens (including phenoxy) is 1. The SMILES string of the molecule is COCc1cc(Cn2c(=O)cc(C)c3c(C)nc(C)cc32)ccc1-c1cc(C)sc1S(=O)(=O)Nc1noc(C)c1C. The Labute approximate surface area is 242 Å². The zero-order valence-electron chi connectivity index (χ0n) is 24.1. The fraction of sp³-hybridized carbons (Fsp3) is 0.300. The average Bonchev–Trinajstić information content (AvgIpc) is 3.44. The number of aromatic nitrogens is 3. The van der Waals surface area contributed by atoms with Crippen LogP contribution >= 0.6 is 11.3 Å². The molecule has 0 aliphatic heterocycles. The minimum atomic E-state index is -3.96. The lowest BCUT2D eigenvalue weighted by Gasteiger charge is -2.16. The summed E-state index contributed by atoms with van der Waals surface area (Å²) in [5.74, 6) is 0.716. The molecule has 0 unspecified atom stereocenters. The third kappa shape index (κ3) is 5.44. The van der Waals surface area contributed by atoms with Gasteiger partial charge in [0, 0.05) is 46.0 Å². The average molecular weight is 593 g/mol. The number of anilines is 1. The Hall–Kier alpha value is -3.80. The van der Waals surface area contributed by atoms with Crippen molar-refractivity contribution in [1.29, 1.82) is 0 Å². The number of aryl methyl sites for hydroxylation is 5. The second kappa shape index (κ2) is 10.9. The first-order valence-corrected chi connectivity index (χ1v) is 15.3. The Morgan fingerprint density at radius 2 is 1.78 bits per heavy atom. The van der Waals surface area contributed by atoms with Gasteiger partial charge in [0.2, 0.25) is 0 Å². The maximum atomic E-state index is 13.5. The highest BCUT2D eigenvalue weighted by Gasteiger charge is 2.26. The molecule has 1 aromatic carbocycles. The number of thiophene rings is 1. The van der Waals surface area contributed by atoms with Crippen molar-refractivity contribution in [2.75, 3.05) is 11.8 Å². The molecule has 0 atom stereocenters. The molecular weight excluding hydrogens is 560 g/mol. The molecule has 41 heavy (non-hydrogen) atoms. The molecule has 214 valence electrons. The number of hydrogen-bond donors (Lipinski definition) is 1. The summed E-state index contributed by atoms with van der Waals surface area (Å²) in [5.41, 5.74) is 7.02. The Balaban J connectivity index is 1.58. The Kier molecular flexibility index (Phi) is 7.62. The highest BCUT2D eigenvalue weighted by molar-refractivity contribution is 7.94. The summed E-state index contributed by atoms with van der Waals surface area (Å²) < 4.78 is 42.3. The summed E-state index contributed by atoms with van der Waals surface area (Å²) in [4.78, 5) is 18.6. The predicted molar refractivity (Wildman–Crippen MR) is 161 cm³/mol. The minimum absolute atomic E-state index is 0.0938. The number of hydrogen-bond acceptors (Lipinski definition) is 8. The molecule has 5 aromatic rings. The molecule has 1 N–H and O–H groups in total. The van der Waals surface area contributed by atoms with E-state index in [0.717, 1.165) is 49.4 Å². The van der Waals surface area contributed by atoms with Crippen LogP contribution in [0.2, 0.25) is 0 Å². The van der Waals surface area contributed by atoms with Crippen LogP contribution in [0.15, 0.2) is 49.9 Å². The monoisotopic (exact) mass is 592 g/mol. The lowest BCUT2D eigenvalue weighted by Crippen LogP contribution is -2.21. The maximum absolute atomic E-state index is 13.5. The molecule has 9 nitrogen and oxygen atoms in total. The smallest absolute Gasteiger partial charge is 0.273 e. The largest absolute Gasteiger partial charge is 0.380 e. The van der Waals surface area contributed by atoms with Crippen molar-refractivity contribution in [1.82, 2.24) is 14.7 Å². The van der Waals surface area contributed by atoms with E-state index in [2.05, 4.69) is 14.9 Å². The van der Waals surface area contributed by atoms with Crippen molar-refractivity contribution in [2.45, 2.75) is 58.9 Å². The van der Waals surface area contributed by atoms with Gasteiger partial charge in [-0.3, -0.25) is 14.5 Å². The number of pyridine rings is 2. The normalized spacial score (nSPS) is 11.9. The fourth-order valence-corrected chi connectivity index (χ4v) is 7.86.